The van der Waals surface area contributed by atoms with E-state index in [4.69, 9.17) is 0 Å². The number of benzene rings is 1. The van der Waals surface area contributed by atoms with Crippen LogP contribution in [-0.2, 0) is 9.53 Å². The summed E-state index contributed by atoms with van der Waals surface area (Å²) >= 11 is 0. The van der Waals surface area contributed by atoms with Crippen LogP contribution in [0.5, 0.6) is 0 Å². The average molecular weight is 219 g/mol. The molecule has 1 rings (SSSR count). The summed E-state index contributed by atoms with van der Waals surface area (Å²) in [6.45, 7) is 4.14. The lowest BCUT2D eigenvalue weighted by molar-refractivity contribution is -0.134. The second-order valence-electron chi connectivity index (χ2n) is 3.74. The second-order valence-corrected chi connectivity index (χ2v) is 3.74. The fraction of sp³-hybridized carbons (Fsp3) is 0.308. The van der Waals surface area contributed by atoms with E-state index in [1.165, 1.54) is 13.2 Å². The average Bonchev–Trinajstić information content (AvgIpc) is 2.26. The summed E-state index contributed by atoms with van der Waals surface area (Å²) in [7, 11) is 1.37. The largest absolute Gasteiger partial charge is 0.466 e. The van der Waals surface area contributed by atoms with Gasteiger partial charge in [0.2, 0.25) is 0 Å². The van der Waals surface area contributed by atoms with Gasteiger partial charge in [0.1, 0.15) is 0 Å². The van der Waals surface area contributed by atoms with Gasteiger partial charge in [-0.15, -0.1) is 0 Å². The van der Waals surface area contributed by atoms with E-state index in [1.807, 2.05) is 24.3 Å². The number of hydrogen-bond acceptors (Lipinski definition) is 3. The van der Waals surface area contributed by atoms with Gasteiger partial charge in [0, 0.05) is 17.8 Å². The van der Waals surface area contributed by atoms with Gasteiger partial charge in [-0.05, 0) is 31.6 Å². The molecule has 0 aliphatic heterocycles. The van der Waals surface area contributed by atoms with Crippen LogP contribution in [0, 0.1) is 0 Å². The van der Waals surface area contributed by atoms with Gasteiger partial charge < -0.3 is 10.1 Å². The van der Waals surface area contributed by atoms with E-state index in [9.17, 15) is 4.79 Å². The Morgan fingerprint density at radius 2 is 2.06 bits per heavy atom. The highest BCUT2D eigenvalue weighted by molar-refractivity contribution is 5.88. The van der Waals surface area contributed by atoms with E-state index >= 15 is 0 Å². The van der Waals surface area contributed by atoms with E-state index in [0.717, 1.165) is 11.3 Å². The quantitative estimate of drug-likeness (QED) is 0.625. The molecule has 0 amide bonds. The Morgan fingerprint density at radius 3 is 2.69 bits per heavy atom. The minimum atomic E-state index is -0.348. The van der Waals surface area contributed by atoms with Crippen LogP contribution in [0.1, 0.15) is 19.4 Å². The molecule has 1 aromatic carbocycles. The molecule has 1 aromatic rings. The lowest BCUT2D eigenvalue weighted by Gasteiger charge is -2.12. The number of carbonyl (C=O) groups is 1. The first-order chi connectivity index (χ1) is 7.63. The van der Waals surface area contributed by atoms with E-state index in [1.54, 1.807) is 6.08 Å². The molecule has 3 heteroatoms. The van der Waals surface area contributed by atoms with Crippen LogP contribution in [0.4, 0.5) is 5.69 Å². The Balaban J connectivity index is 2.86. The van der Waals surface area contributed by atoms with E-state index in [-0.39, 0.29) is 5.97 Å². The zero-order chi connectivity index (χ0) is 12.0. The molecule has 0 saturated heterocycles. The van der Waals surface area contributed by atoms with Gasteiger partial charge in [-0.3, -0.25) is 0 Å². The molecule has 0 aromatic heterocycles. The predicted molar refractivity (Wildman–Crippen MR) is 66.3 cm³/mol. The Labute approximate surface area is 96.1 Å². The molecule has 0 aliphatic rings. The van der Waals surface area contributed by atoms with Gasteiger partial charge in [0.05, 0.1) is 7.11 Å². The molecular formula is C13H17NO2. The van der Waals surface area contributed by atoms with Crippen LogP contribution in [0.15, 0.2) is 30.3 Å². The molecule has 1 N–H and O–H groups in total. The van der Waals surface area contributed by atoms with Gasteiger partial charge >= 0.3 is 5.97 Å². The maximum Gasteiger partial charge on any atom is 0.330 e. The van der Waals surface area contributed by atoms with Crippen molar-refractivity contribution in [2.75, 3.05) is 12.4 Å². The van der Waals surface area contributed by atoms with Crippen LogP contribution in [0.3, 0.4) is 0 Å². The fourth-order valence-electron chi connectivity index (χ4n) is 1.31. The van der Waals surface area contributed by atoms with Crippen molar-refractivity contribution in [1.29, 1.82) is 0 Å². The van der Waals surface area contributed by atoms with E-state index in [0.29, 0.717) is 6.04 Å². The Morgan fingerprint density at radius 1 is 1.38 bits per heavy atom. The van der Waals surface area contributed by atoms with Crippen LogP contribution in [-0.4, -0.2) is 19.1 Å². The summed E-state index contributed by atoms with van der Waals surface area (Å²) in [5, 5.41) is 3.31. The minimum Gasteiger partial charge on any atom is -0.466 e. The highest BCUT2D eigenvalue weighted by Crippen LogP contribution is 2.17. The SMILES string of the molecule is COC(=O)C=Cc1ccccc1NC(C)C. The fourth-order valence-corrected chi connectivity index (χ4v) is 1.31. The van der Waals surface area contributed by atoms with Gasteiger partial charge in [-0.1, -0.05) is 18.2 Å². The molecule has 0 radical (unpaired) electrons. The number of para-hydroxylation sites is 1. The number of anilines is 1. The van der Waals surface area contributed by atoms with Gasteiger partial charge in [-0.25, -0.2) is 4.79 Å². The standard InChI is InChI=1S/C13H17NO2/c1-10(2)14-12-7-5-4-6-11(12)8-9-13(15)16-3/h4-10,14H,1-3H3. The van der Waals surface area contributed by atoms with Crippen molar-refractivity contribution < 1.29 is 9.53 Å². The molecule has 0 saturated carbocycles. The summed E-state index contributed by atoms with van der Waals surface area (Å²) < 4.78 is 4.55. The number of carbonyl (C=O) groups excluding carboxylic acids is 1. The molecule has 0 atom stereocenters. The van der Waals surface area contributed by atoms with Crippen LogP contribution in [0.2, 0.25) is 0 Å². The van der Waals surface area contributed by atoms with Gasteiger partial charge in [-0.2, -0.15) is 0 Å². The number of ether oxygens (including phenoxy) is 1. The lowest BCUT2D eigenvalue weighted by Crippen LogP contribution is -2.10. The van der Waals surface area contributed by atoms with Gasteiger partial charge in [0.15, 0.2) is 0 Å². The number of rotatable bonds is 4. The zero-order valence-electron chi connectivity index (χ0n) is 9.86. The first kappa shape index (κ1) is 12.3. The maximum absolute atomic E-state index is 11.0. The minimum absolute atomic E-state index is 0.348. The molecule has 16 heavy (non-hydrogen) atoms. The normalized spacial score (nSPS) is 10.8. The van der Waals surface area contributed by atoms with Crippen LogP contribution >= 0.6 is 0 Å². The van der Waals surface area contributed by atoms with E-state index in [2.05, 4.69) is 23.9 Å². The topological polar surface area (TPSA) is 38.3 Å². The van der Waals surface area contributed by atoms with Gasteiger partial charge in [0.25, 0.3) is 0 Å². The molecule has 0 unspecified atom stereocenters. The molecule has 3 nitrogen and oxygen atoms in total. The van der Waals surface area contributed by atoms with Crippen molar-refractivity contribution in [2.45, 2.75) is 19.9 Å². The zero-order valence-corrected chi connectivity index (χ0v) is 9.86. The second kappa shape index (κ2) is 5.95. The third-order valence-corrected chi connectivity index (χ3v) is 2.01. The third kappa shape index (κ3) is 3.77. The monoisotopic (exact) mass is 219 g/mol. The number of esters is 1. The Bertz CT molecular complexity index is 383. The molecule has 86 valence electrons. The van der Waals surface area contributed by atoms with Crippen molar-refractivity contribution in [3.05, 3.63) is 35.9 Å². The van der Waals surface area contributed by atoms with Crippen molar-refractivity contribution in [1.82, 2.24) is 0 Å². The first-order valence-corrected chi connectivity index (χ1v) is 5.25. The van der Waals surface area contributed by atoms with E-state index < -0.39 is 0 Å². The third-order valence-electron chi connectivity index (χ3n) is 2.01. The van der Waals surface area contributed by atoms with Crippen molar-refractivity contribution in [3.63, 3.8) is 0 Å². The van der Waals surface area contributed by atoms with Crippen molar-refractivity contribution in [2.24, 2.45) is 0 Å². The smallest absolute Gasteiger partial charge is 0.330 e. The summed E-state index contributed by atoms with van der Waals surface area (Å²) in [5.41, 5.74) is 1.99. The van der Waals surface area contributed by atoms with Crippen molar-refractivity contribution >= 4 is 17.7 Å². The highest BCUT2D eigenvalue weighted by Gasteiger charge is 2.00. The number of methoxy groups -OCH3 is 1. The molecule has 0 fully saturated rings. The summed E-state index contributed by atoms with van der Waals surface area (Å²) in [6.07, 6.45) is 3.16. The van der Waals surface area contributed by atoms with Crippen LogP contribution in [0.25, 0.3) is 6.08 Å². The van der Waals surface area contributed by atoms with Crippen LogP contribution < -0.4 is 5.32 Å². The summed E-state index contributed by atoms with van der Waals surface area (Å²) in [5.74, 6) is -0.348. The molecular weight excluding hydrogens is 202 g/mol. The maximum atomic E-state index is 11.0. The van der Waals surface area contributed by atoms with Crippen molar-refractivity contribution in [3.8, 4) is 0 Å². The Kier molecular flexibility index (Phi) is 4.58. The molecule has 0 spiro atoms. The lowest BCUT2D eigenvalue weighted by atomic mass is 10.1. The summed E-state index contributed by atoms with van der Waals surface area (Å²) in [6, 6.07) is 8.18. The summed E-state index contributed by atoms with van der Waals surface area (Å²) in [4.78, 5) is 11.0. The predicted octanol–water partition coefficient (Wildman–Crippen LogP) is 2.69. The molecule has 0 heterocycles. The molecule has 0 aliphatic carbocycles. The highest BCUT2D eigenvalue weighted by atomic mass is 16.5. The molecule has 0 bridgehead atoms. The number of nitrogens with one attached hydrogen (secondary N) is 1. The Hall–Kier alpha value is -1.77. The first-order valence-electron chi connectivity index (χ1n) is 5.25. The number of hydrogen-bond donors (Lipinski definition) is 1.